The molecule has 1 saturated carbocycles. The molecule has 2 N–H and O–H groups in total. The molecule has 0 spiro atoms. The molecular weight excluding hydrogens is 360 g/mol. The number of hydrogen-bond acceptors (Lipinski definition) is 5. The van der Waals surface area contributed by atoms with Crippen LogP contribution in [0.1, 0.15) is 42.9 Å². The van der Waals surface area contributed by atoms with E-state index in [2.05, 4.69) is 36.3 Å². The molecule has 1 aliphatic carbocycles. The van der Waals surface area contributed by atoms with Crippen molar-refractivity contribution in [2.45, 2.75) is 44.7 Å². The molecule has 2 aromatic rings. The monoisotopic (exact) mass is 386 g/mol. The van der Waals surface area contributed by atoms with E-state index in [0.29, 0.717) is 23.4 Å². The summed E-state index contributed by atoms with van der Waals surface area (Å²) in [5, 5.41) is 20.9. The van der Waals surface area contributed by atoms with E-state index in [4.69, 9.17) is 10.1 Å². The number of ether oxygens (including phenoxy) is 1. The first kappa shape index (κ1) is 19.1. The lowest BCUT2D eigenvalue weighted by atomic mass is 9.92. The fraction of sp³-hybridized carbons (Fsp3) is 0.333. The van der Waals surface area contributed by atoms with Crippen molar-refractivity contribution in [3.05, 3.63) is 59.3 Å². The number of para-hydroxylation sites is 1. The van der Waals surface area contributed by atoms with Gasteiger partial charge in [-0.25, -0.2) is 0 Å². The lowest BCUT2D eigenvalue weighted by Gasteiger charge is -2.35. The molecule has 148 valence electrons. The molecule has 5 heteroatoms. The van der Waals surface area contributed by atoms with Gasteiger partial charge in [-0.15, -0.1) is 0 Å². The lowest BCUT2D eigenvalue weighted by Crippen LogP contribution is -2.33. The normalized spacial score (nSPS) is 18.6. The number of benzene rings is 2. The van der Waals surface area contributed by atoms with E-state index in [1.54, 1.807) is 6.07 Å². The smallest absolute Gasteiger partial charge is 0.145 e. The summed E-state index contributed by atoms with van der Waals surface area (Å²) in [7, 11) is 2.11. The molecule has 2 aromatic carbocycles. The van der Waals surface area contributed by atoms with Crippen LogP contribution in [-0.4, -0.2) is 25.3 Å². The Morgan fingerprint density at radius 2 is 2.03 bits per heavy atom. The second-order valence-electron chi connectivity index (χ2n) is 7.83. The summed E-state index contributed by atoms with van der Waals surface area (Å²) in [5.41, 5.74) is 4.45. The zero-order valence-electron chi connectivity index (χ0n) is 16.9. The Morgan fingerprint density at radius 1 is 1.24 bits per heavy atom. The zero-order chi connectivity index (χ0) is 20.4. The van der Waals surface area contributed by atoms with Gasteiger partial charge in [0, 0.05) is 53.9 Å². The largest absolute Gasteiger partial charge is 0.455 e. The molecular formula is C24H26N4O. The highest BCUT2D eigenvalue weighted by Gasteiger charge is 2.27. The van der Waals surface area contributed by atoms with Gasteiger partial charge in [-0.1, -0.05) is 12.1 Å². The highest BCUT2D eigenvalue weighted by Crippen LogP contribution is 2.42. The van der Waals surface area contributed by atoms with Crippen molar-refractivity contribution in [2.24, 2.45) is 0 Å². The van der Waals surface area contributed by atoms with E-state index in [-0.39, 0.29) is 0 Å². The lowest BCUT2D eigenvalue weighted by molar-refractivity contribution is 0.466. The second kappa shape index (κ2) is 8.00. The third-order valence-corrected chi connectivity index (χ3v) is 5.83. The number of rotatable bonds is 6. The standard InChI is InChI=1S/C24H26N4O/c1-16-7-10-21-22(28(16)2)12-11-20(18(14-26)15-27-19-8-9-19)24(21)29-23-6-4-3-5-17(23)13-25/h3-6,11-12,14-16,19,26-27H,7-10H2,1-2H3/b18-15+,26-14?. The molecule has 1 atom stereocenters. The van der Waals surface area contributed by atoms with Crippen molar-refractivity contribution in [2.75, 3.05) is 11.9 Å². The summed E-state index contributed by atoms with van der Waals surface area (Å²) >= 11 is 0. The van der Waals surface area contributed by atoms with Crippen LogP contribution < -0.4 is 15.0 Å². The Balaban J connectivity index is 1.83. The van der Waals surface area contributed by atoms with E-state index < -0.39 is 0 Å². The molecule has 1 fully saturated rings. The van der Waals surface area contributed by atoms with Gasteiger partial charge in [-0.05, 0) is 56.9 Å². The Labute approximate surface area is 172 Å². The Hall–Kier alpha value is -3.26. The molecule has 1 aliphatic heterocycles. The van der Waals surface area contributed by atoms with Crippen LogP contribution in [0.15, 0.2) is 42.6 Å². The molecule has 0 radical (unpaired) electrons. The van der Waals surface area contributed by atoms with Gasteiger partial charge in [0.1, 0.15) is 17.6 Å². The molecule has 5 nitrogen and oxygen atoms in total. The summed E-state index contributed by atoms with van der Waals surface area (Å²) in [5.74, 6) is 1.29. The SMILES string of the molecule is CC1CCc2c(ccc(/C(C=N)=C/NC3CC3)c2Oc2ccccc2C#N)N1C. The minimum atomic E-state index is 0.460. The van der Waals surface area contributed by atoms with Gasteiger partial charge < -0.3 is 20.4 Å². The maximum Gasteiger partial charge on any atom is 0.145 e. The van der Waals surface area contributed by atoms with Crippen LogP contribution in [0.3, 0.4) is 0 Å². The number of hydrogen-bond donors (Lipinski definition) is 2. The molecule has 1 unspecified atom stereocenters. The van der Waals surface area contributed by atoms with Gasteiger partial charge in [0.2, 0.25) is 0 Å². The first-order valence-electron chi connectivity index (χ1n) is 10.1. The van der Waals surface area contributed by atoms with Gasteiger partial charge in [0.15, 0.2) is 0 Å². The van der Waals surface area contributed by atoms with Crippen molar-refractivity contribution in [3.8, 4) is 17.6 Å². The van der Waals surface area contributed by atoms with Gasteiger partial charge >= 0.3 is 0 Å². The van der Waals surface area contributed by atoms with E-state index in [1.165, 1.54) is 19.1 Å². The van der Waals surface area contributed by atoms with Crippen LogP contribution in [0.2, 0.25) is 0 Å². The second-order valence-corrected chi connectivity index (χ2v) is 7.83. The van der Waals surface area contributed by atoms with Crippen LogP contribution >= 0.6 is 0 Å². The highest BCUT2D eigenvalue weighted by atomic mass is 16.5. The van der Waals surface area contributed by atoms with Gasteiger partial charge in [-0.3, -0.25) is 0 Å². The van der Waals surface area contributed by atoms with Crippen LogP contribution in [-0.2, 0) is 6.42 Å². The average Bonchev–Trinajstić information content (AvgIpc) is 3.57. The van der Waals surface area contributed by atoms with Gasteiger partial charge in [0.05, 0.1) is 5.56 Å². The Morgan fingerprint density at radius 3 is 2.76 bits per heavy atom. The van der Waals surface area contributed by atoms with E-state index >= 15 is 0 Å². The summed E-state index contributed by atoms with van der Waals surface area (Å²) < 4.78 is 6.40. The molecule has 0 aromatic heterocycles. The molecule has 2 aliphatic rings. The van der Waals surface area contributed by atoms with Crippen molar-refractivity contribution in [1.82, 2.24) is 5.32 Å². The summed E-state index contributed by atoms with van der Waals surface area (Å²) in [6, 6.07) is 14.6. The zero-order valence-corrected chi connectivity index (χ0v) is 16.9. The summed E-state index contributed by atoms with van der Waals surface area (Å²) in [4.78, 5) is 2.28. The molecule has 1 heterocycles. The minimum absolute atomic E-state index is 0.460. The van der Waals surface area contributed by atoms with Crippen molar-refractivity contribution >= 4 is 17.5 Å². The molecule has 29 heavy (non-hydrogen) atoms. The third-order valence-electron chi connectivity index (χ3n) is 5.83. The molecule has 0 saturated heterocycles. The predicted molar refractivity (Wildman–Crippen MR) is 117 cm³/mol. The first-order valence-corrected chi connectivity index (χ1v) is 10.1. The third kappa shape index (κ3) is 3.84. The number of allylic oxidation sites excluding steroid dienone is 1. The predicted octanol–water partition coefficient (Wildman–Crippen LogP) is 4.86. The molecule has 0 amide bonds. The fourth-order valence-electron chi connectivity index (χ4n) is 3.73. The number of fused-ring (bicyclic) bond motifs is 1. The van der Waals surface area contributed by atoms with Crippen molar-refractivity contribution in [3.63, 3.8) is 0 Å². The maximum atomic E-state index is 9.49. The van der Waals surface area contributed by atoms with Crippen LogP contribution in [0, 0.1) is 16.7 Å². The Bertz CT molecular complexity index is 1000. The van der Waals surface area contributed by atoms with E-state index in [9.17, 15) is 5.26 Å². The quantitative estimate of drug-likeness (QED) is 0.695. The number of nitrogens with zero attached hydrogens (tertiary/aromatic N) is 2. The van der Waals surface area contributed by atoms with Crippen LogP contribution in [0.5, 0.6) is 11.5 Å². The number of nitrogens with one attached hydrogen (secondary N) is 2. The fourth-order valence-corrected chi connectivity index (χ4v) is 3.73. The topological polar surface area (TPSA) is 72.1 Å². The minimum Gasteiger partial charge on any atom is -0.455 e. The molecule has 4 rings (SSSR count). The summed E-state index contributed by atoms with van der Waals surface area (Å²) in [6.07, 6.45) is 7.58. The van der Waals surface area contributed by atoms with E-state index in [0.717, 1.165) is 41.0 Å². The highest BCUT2D eigenvalue weighted by molar-refractivity contribution is 6.09. The van der Waals surface area contributed by atoms with Gasteiger partial charge in [-0.2, -0.15) is 5.26 Å². The number of anilines is 1. The first-order chi connectivity index (χ1) is 14.1. The van der Waals surface area contributed by atoms with Crippen LogP contribution in [0.4, 0.5) is 5.69 Å². The number of nitriles is 1. The Kier molecular flexibility index (Phi) is 5.26. The van der Waals surface area contributed by atoms with Crippen molar-refractivity contribution < 1.29 is 4.74 Å². The summed E-state index contributed by atoms with van der Waals surface area (Å²) in [6.45, 7) is 2.23. The average molecular weight is 386 g/mol. The van der Waals surface area contributed by atoms with E-state index in [1.807, 2.05) is 30.5 Å². The maximum absolute atomic E-state index is 9.49. The van der Waals surface area contributed by atoms with Crippen molar-refractivity contribution in [1.29, 1.82) is 10.7 Å². The van der Waals surface area contributed by atoms with Crippen LogP contribution in [0.25, 0.3) is 5.57 Å². The van der Waals surface area contributed by atoms with Gasteiger partial charge in [0.25, 0.3) is 0 Å². The molecule has 0 bridgehead atoms.